The summed E-state index contributed by atoms with van der Waals surface area (Å²) < 4.78 is 5.17. The lowest BCUT2D eigenvalue weighted by Gasteiger charge is -2.21. The summed E-state index contributed by atoms with van der Waals surface area (Å²) in [4.78, 5) is 48.3. The molecule has 0 spiro atoms. The Morgan fingerprint density at radius 1 is 1.06 bits per heavy atom. The van der Waals surface area contributed by atoms with Crippen molar-refractivity contribution < 1.29 is 24.0 Å². The van der Waals surface area contributed by atoms with Gasteiger partial charge in [-0.1, -0.05) is 35.9 Å². The van der Waals surface area contributed by atoms with Crippen LogP contribution < -0.4 is 10.6 Å². The minimum Gasteiger partial charge on any atom is -0.463 e. The summed E-state index contributed by atoms with van der Waals surface area (Å²) in [7, 11) is 0. The van der Waals surface area contributed by atoms with Crippen LogP contribution in [0.15, 0.2) is 48.5 Å². The summed E-state index contributed by atoms with van der Waals surface area (Å²) in [6, 6.07) is 12.3. The number of hydrogen-bond donors (Lipinski definition) is 2. The number of anilines is 1. The third-order valence-corrected chi connectivity index (χ3v) is 5.88. The van der Waals surface area contributed by atoms with E-state index in [0.29, 0.717) is 5.69 Å². The van der Waals surface area contributed by atoms with E-state index in [0.717, 1.165) is 17.3 Å². The molecule has 2 rings (SSSR count). The average Bonchev–Trinajstić information content (AvgIpc) is 2.77. The molecule has 0 aliphatic heterocycles. The van der Waals surface area contributed by atoms with Crippen LogP contribution in [0.1, 0.15) is 44.4 Å². The minimum atomic E-state index is -0.954. The zero-order valence-electron chi connectivity index (χ0n) is 19.6. The Morgan fingerprint density at radius 3 is 2.32 bits per heavy atom. The van der Waals surface area contributed by atoms with Gasteiger partial charge in [0.05, 0.1) is 40.1 Å². The third kappa shape index (κ3) is 8.51. The van der Waals surface area contributed by atoms with Crippen LogP contribution >= 0.6 is 11.8 Å². The van der Waals surface area contributed by atoms with E-state index >= 15 is 0 Å². The maximum Gasteiger partial charge on any atom is 0.308 e. The molecule has 2 aromatic carbocycles. The largest absolute Gasteiger partial charge is 0.463 e. The number of hydrogen-bond acceptors (Lipinski definition) is 7. The number of benzene rings is 2. The summed E-state index contributed by atoms with van der Waals surface area (Å²) >= 11 is 1.12. The van der Waals surface area contributed by atoms with Gasteiger partial charge in [0.15, 0.2) is 0 Å². The number of nitro groups is 1. The third-order valence-electron chi connectivity index (χ3n) is 4.73. The molecule has 0 heterocycles. The molecule has 2 aromatic rings. The second-order valence-electron chi connectivity index (χ2n) is 7.99. The molecule has 0 aliphatic rings. The Kier molecular flexibility index (Phi) is 10.1. The Labute approximate surface area is 202 Å². The van der Waals surface area contributed by atoms with Crippen molar-refractivity contribution in [2.45, 2.75) is 51.5 Å². The molecule has 182 valence electrons. The van der Waals surface area contributed by atoms with Crippen LogP contribution in [-0.2, 0) is 19.1 Å². The Bertz CT molecular complexity index is 1030. The van der Waals surface area contributed by atoms with Gasteiger partial charge in [-0.05, 0) is 39.8 Å². The SMILES string of the molecule is Cc1ccc(NC(=O)CSC(C)C(=O)NC(CC(=O)OC(C)C)c2ccccc2[N+](=O)[O-])cc1. The van der Waals surface area contributed by atoms with Crippen LogP contribution in [0.2, 0.25) is 0 Å². The van der Waals surface area contributed by atoms with Crippen molar-refractivity contribution in [1.82, 2.24) is 5.32 Å². The van der Waals surface area contributed by atoms with E-state index in [1.54, 1.807) is 39.0 Å². The van der Waals surface area contributed by atoms with Gasteiger partial charge in [0.2, 0.25) is 11.8 Å². The number of rotatable bonds is 11. The lowest BCUT2D eigenvalue weighted by atomic mass is 10.0. The number of thioether (sulfide) groups is 1. The molecule has 2 atom stereocenters. The fourth-order valence-electron chi connectivity index (χ4n) is 3.06. The van der Waals surface area contributed by atoms with Crippen molar-refractivity contribution in [3.05, 3.63) is 69.8 Å². The van der Waals surface area contributed by atoms with E-state index < -0.39 is 28.1 Å². The predicted octanol–water partition coefficient (Wildman–Crippen LogP) is 4.16. The van der Waals surface area contributed by atoms with Gasteiger partial charge in [-0.25, -0.2) is 0 Å². The highest BCUT2D eigenvalue weighted by Gasteiger charge is 2.28. The molecule has 2 amide bonds. The van der Waals surface area contributed by atoms with Crippen LogP contribution in [-0.4, -0.2) is 39.8 Å². The van der Waals surface area contributed by atoms with E-state index in [-0.39, 0.29) is 35.4 Å². The van der Waals surface area contributed by atoms with Gasteiger partial charge in [-0.15, -0.1) is 11.8 Å². The molecular weight excluding hydrogens is 458 g/mol. The van der Waals surface area contributed by atoms with Crippen molar-refractivity contribution >= 4 is 40.9 Å². The minimum absolute atomic E-state index is 0.0357. The van der Waals surface area contributed by atoms with Crippen LogP contribution in [0.25, 0.3) is 0 Å². The Balaban J connectivity index is 2.05. The summed E-state index contributed by atoms with van der Waals surface area (Å²) in [6.07, 6.45) is -0.629. The highest BCUT2D eigenvalue weighted by atomic mass is 32.2. The normalized spacial score (nSPS) is 12.5. The first kappa shape index (κ1) is 26.8. The Morgan fingerprint density at radius 2 is 1.71 bits per heavy atom. The predicted molar refractivity (Wildman–Crippen MR) is 132 cm³/mol. The van der Waals surface area contributed by atoms with Crippen molar-refractivity contribution in [3.63, 3.8) is 0 Å². The average molecular weight is 488 g/mol. The van der Waals surface area contributed by atoms with E-state index in [1.165, 1.54) is 18.2 Å². The topological polar surface area (TPSA) is 128 Å². The van der Waals surface area contributed by atoms with Crippen molar-refractivity contribution in [3.8, 4) is 0 Å². The number of amides is 2. The van der Waals surface area contributed by atoms with Gasteiger partial charge < -0.3 is 15.4 Å². The number of aryl methyl sites for hydroxylation is 1. The number of carbonyl (C=O) groups excluding carboxylic acids is 3. The summed E-state index contributed by atoms with van der Waals surface area (Å²) in [6.45, 7) is 6.96. The fourth-order valence-corrected chi connectivity index (χ4v) is 3.76. The van der Waals surface area contributed by atoms with Gasteiger partial charge in [-0.2, -0.15) is 0 Å². The molecule has 0 bridgehead atoms. The molecule has 2 unspecified atom stereocenters. The van der Waals surface area contributed by atoms with Gasteiger partial charge in [0, 0.05) is 11.8 Å². The lowest BCUT2D eigenvalue weighted by molar-refractivity contribution is -0.385. The zero-order chi connectivity index (χ0) is 25.3. The maximum absolute atomic E-state index is 12.8. The van der Waals surface area contributed by atoms with Gasteiger partial charge >= 0.3 is 5.97 Å². The van der Waals surface area contributed by atoms with E-state index in [9.17, 15) is 24.5 Å². The maximum atomic E-state index is 12.8. The standard InChI is InChI=1S/C24H29N3O6S/c1-15(2)33-23(29)13-20(19-7-5-6-8-21(19)27(31)32)26-24(30)17(4)34-14-22(28)25-18-11-9-16(3)10-12-18/h5-12,15,17,20H,13-14H2,1-4H3,(H,25,28)(H,26,30). The van der Waals surface area contributed by atoms with Gasteiger partial charge in [0.1, 0.15) is 0 Å². The first-order chi connectivity index (χ1) is 16.1. The van der Waals surface area contributed by atoms with Crippen molar-refractivity contribution in [2.24, 2.45) is 0 Å². The molecular formula is C24H29N3O6S. The molecule has 0 radical (unpaired) electrons. The van der Waals surface area contributed by atoms with Gasteiger partial charge in [-0.3, -0.25) is 24.5 Å². The number of nitrogens with one attached hydrogen (secondary N) is 2. The summed E-state index contributed by atoms with van der Waals surface area (Å²) in [5, 5.41) is 16.3. The molecule has 34 heavy (non-hydrogen) atoms. The molecule has 2 N–H and O–H groups in total. The molecule has 0 aromatic heterocycles. The molecule has 0 aliphatic carbocycles. The number of nitro benzene ring substituents is 1. The molecule has 10 heteroatoms. The highest BCUT2D eigenvalue weighted by Crippen LogP contribution is 2.28. The summed E-state index contributed by atoms with van der Waals surface area (Å²) in [5.41, 5.74) is 1.73. The summed E-state index contributed by atoms with van der Waals surface area (Å²) in [5.74, 6) is -1.26. The number of nitrogens with zero attached hydrogens (tertiary/aromatic N) is 1. The van der Waals surface area contributed by atoms with Gasteiger partial charge in [0.25, 0.3) is 5.69 Å². The number of para-hydroxylation sites is 1. The highest BCUT2D eigenvalue weighted by molar-refractivity contribution is 8.01. The van der Waals surface area contributed by atoms with E-state index in [4.69, 9.17) is 4.74 Å². The lowest BCUT2D eigenvalue weighted by Crippen LogP contribution is -2.36. The monoisotopic (exact) mass is 487 g/mol. The van der Waals surface area contributed by atoms with E-state index in [1.807, 2.05) is 19.1 Å². The molecule has 0 fully saturated rings. The first-order valence-corrected chi connectivity index (χ1v) is 11.8. The fraction of sp³-hybridized carbons (Fsp3) is 0.375. The van der Waals surface area contributed by atoms with Crippen LogP contribution in [0.3, 0.4) is 0 Å². The molecule has 0 saturated heterocycles. The zero-order valence-corrected chi connectivity index (χ0v) is 20.4. The van der Waals surface area contributed by atoms with E-state index in [2.05, 4.69) is 10.6 Å². The Hall–Kier alpha value is -3.40. The quantitative estimate of drug-likeness (QED) is 0.277. The number of esters is 1. The molecule has 0 saturated carbocycles. The first-order valence-electron chi connectivity index (χ1n) is 10.8. The second-order valence-corrected chi connectivity index (χ2v) is 9.32. The van der Waals surface area contributed by atoms with Crippen molar-refractivity contribution in [1.29, 1.82) is 0 Å². The number of ether oxygens (including phenoxy) is 1. The van der Waals surface area contributed by atoms with Crippen molar-refractivity contribution in [2.75, 3.05) is 11.1 Å². The smallest absolute Gasteiger partial charge is 0.308 e. The van der Waals surface area contributed by atoms with Crippen LogP contribution in [0.5, 0.6) is 0 Å². The van der Waals surface area contributed by atoms with Crippen LogP contribution in [0, 0.1) is 17.0 Å². The second kappa shape index (κ2) is 12.7. The number of carbonyl (C=O) groups is 3. The molecule has 9 nitrogen and oxygen atoms in total. The van der Waals surface area contributed by atoms with Crippen LogP contribution in [0.4, 0.5) is 11.4 Å².